The molecule has 1 saturated heterocycles. The molecule has 1 aromatic carbocycles. The first-order valence-electron chi connectivity index (χ1n) is 7.80. The van der Waals surface area contributed by atoms with Gasteiger partial charge in [-0.3, -0.25) is 4.79 Å². The minimum absolute atomic E-state index is 0.00209. The molecule has 0 spiro atoms. The average Bonchev–Trinajstić information content (AvgIpc) is 2.87. The van der Waals surface area contributed by atoms with Crippen LogP contribution in [0.5, 0.6) is 0 Å². The van der Waals surface area contributed by atoms with Gasteiger partial charge in [-0.25, -0.2) is 13.4 Å². The fraction of sp³-hybridized carbons (Fsp3) is 0.500. The van der Waals surface area contributed by atoms with Gasteiger partial charge in [0.1, 0.15) is 15.7 Å². The van der Waals surface area contributed by atoms with Gasteiger partial charge in [0.15, 0.2) is 0 Å². The number of rotatable bonds is 4. The molecular weight excluding hydrogens is 314 g/mol. The van der Waals surface area contributed by atoms with Crippen molar-refractivity contribution in [3.8, 4) is 0 Å². The second-order valence-electron chi connectivity index (χ2n) is 6.32. The summed E-state index contributed by atoms with van der Waals surface area (Å²) in [7, 11) is -3.01. The standard InChI is InChI=1S/C16H21N3O3S/c1-23(21,22)11-12-5-4-8-19(10-12)16(20)9-15-17-13-6-2-3-7-14(13)18-15/h2-3,6-7,12H,4-5,8-11H2,1H3,(H,17,18)/t12-/m0/s1. The van der Waals surface area contributed by atoms with E-state index in [2.05, 4.69) is 9.97 Å². The number of fused-ring (bicyclic) bond motifs is 1. The molecule has 3 rings (SSSR count). The Kier molecular flexibility index (Phi) is 4.39. The normalized spacial score (nSPS) is 19.2. The monoisotopic (exact) mass is 335 g/mol. The van der Waals surface area contributed by atoms with Crippen LogP contribution in [0.2, 0.25) is 0 Å². The molecule has 0 saturated carbocycles. The van der Waals surface area contributed by atoms with E-state index in [1.54, 1.807) is 4.90 Å². The van der Waals surface area contributed by atoms with Crippen LogP contribution in [0.4, 0.5) is 0 Å². The summed E-state index contributed by atoms with van der Waals surface area (Å²) in [5, 5.41) is 0. The highest BCUT2D eigenvalue weighted by atomic mass is 32.2. The van der Waals surface area contributed by atoms with Gasteiger partial charge >= 0.3 is 0 Å². The van der Waals surface area contributed by atoms with Crippen molar-refractivity contribution in [3.05, 3.63) is 30.1 Å². The number of amides is 1. The first kappa shape index (κ1) is 16.0. The average molecular weight is 335 g/mol. The van der Waals surface area contributed by atoms with Crippen molar-refractivity contribution in [2.24, 2.45) is 5.92 Å². The molecule has 6 nitrogen and oxygen atoms in total. The number of para-hydroxylation sites is 2. The fourth-order valence-corrected chi connectivity index (χ4v) is 4.33. The summed E-state index contributed by atoms with van der Waals surface area (Å²) in [5.41, 5.74) is 1.77. The second kappa shape index (κ2) is 6.31. The van der Waals surface area contributed by atoms with E-state index in [1.165, 1.54) is 6.26 Å². The molecule has 0 aliphatic carbocycles. The van der Waals surface area contributed by atoms with Crippen LogP contribution in [0.3, 0.4) is 0 Å². The zero-order chi connectivity index (χ0) is 16.4. The minimum Gasteiger partial charge on any atom is -0.342 e. The number of H-pyrrole nitrogens is 1. The Labute approximate surface area is 135 Å². The molecule has 1 atom stereocenters. The van der Waals surface area contributed by atoms with Crippen molar-refractivity contribution >= 4 is 26.8 Å². The maximum absolute atomic E-state index is 12.5. The van der Waals surface area contributed by atoms with Crippen LogP contribution in [0.15, 0.2) is 24.3 Å². The van der Waals surface area contributed by atoms with Gasteiger partial charge in [-0.05, 0) is 30.9 Å². The highest BCUT2D eigenvalue weighted by Gasteiger charge is 2.26. The molecule has 0 bridgehead atoms. The Morgan fingerprint density at radius 1 is 1.39 bits per heavy atom. The minimum atomic E-state index is -3.01. The Morgan fingerprint density at radius 2 is 2.17 bits per heavy atom. The SMILES string of the molecule is CS(=O)(=O)C[C@H]1CCCN(C(=O)Cc2nc3ccccc3[nH]2)C1. The maximum atomic E-state index is 12.5. The Bertz CT molecular complexity index is 780. The topological polar surface area (TPSA) is 83.1 Å². The van der Waals surface area contributed by atoms with Crippen LogP contribution in [-0.4, -0.2) is 54.3 Å². The van der Waals surface area contributed by atoms with Gasteiger partial charge in [-0.2, -0.15) is 0 Å². The van der Waals surface area contributed by atoms with Crippen LogP contribution in [-0.2, 0) is 21.1 Å². The number of benzene rings is 1. The first-order valence-corrected chi connectivity index (χ1v) is 9.86. The predicted octanol–water partition coefficient (Wildman–Crippen LogP) is 1.39. The summed E-state index contributed by atoms with van der Waals surface area (Å²) < 4.78 is 22.9. The van der Waals surface area contributed by atoms with E-state index >= 15 is 0 Å². The van der Waals surface area contributed by atoms with Crippen molar-refractivity contribution in [2.75, 3.05) is 25.1 Å². The summed E-state index contributed by atoms with van der Waals surface area (Å²) in [5.74, 6) is 0.851. The summed E-state index contributed by atoms with van der Waals surface area (Å²) in [4.78, 5) is 21.8. The molecule has 0 unspecified atom stereocenters. The van der Waals surface area contributed by atoms with Gasteiger partial charge in [-0.15, -0.1) is 0 Å². The van der Waals surface area contributed by atoms with E-state index < -0.39 is 9.84 Å². The molecule has 7 heteroatoms. The van der Waals surface area contributed by atoms with E-state index in [0.717, 1.165) is 23.9 Å². The number of piperidine rings is 1. The van der Waals surface area contributed by atoms with Gasteiger partial charge in [0.25, 0.3) is 0 Å². The lowest BCUT2D eigenvalue weighted by Crippen LogP contribution is -2.42. The molecule has 1 aliphatic heterocycles. The van der Waals surface area contributed by atoms with Crippen molar-refractivity contribution in [1.29, 1.82) is 0 Å². The Balaban J connectivity index is 1.65. The number of sulfone groups is 1. The maximum Gasteiger partial charge on any atom is 0.230 e. The summed E-state index contributed by atoms with van der Waals surface area (Å²) in [6.45, 7) is 1.21. The number of aromatic nitrogens is 2. The smallest absolute Gasteiger partial charge is 0.230 e. The zero-order valence-corrected chi connectivity index (χ0v) is 14.0. The highest BCUT2D eigenvalue weighted by Crippen LogP contribution is 2.19. The largest absolute Gasteiger partial charge is 0.342 e. The van der Waals surface area contributed by atoms with Crippen molar-refractivity contribution < 1.29 is 13.2 Å². The Morgan fingerprint density at radius 3 is 2.91 bits per heavy atom. The van der Waals surface area contributed by atoms with Crippen LogP contribution in [0, 0.1) is 5.92 Å². The Hall–Kier alpha value is -1.89. The third-order valence-corrected chi connectivity index (χ3v) is 5.24. The van der Waals surface area contributed by atoms with Crippen LogP contribution in [0.1, 0.15) is 18.7 Å². The van der Waals surface area contributed by atoms with Gasteiger partial charge in [0, 0.05) is 19.3 Å². The molecule has 124 valence electrons. The van der Waals surface area contributed by atoms with E-state index in [0.29, 0.717) is 18.9 Å². The van der Waals surface area contributed by atoms with Crippen LogP contribution < -0.4 is 0 Å². The van der Waals surface area contributed by atoms with Crippen molar-refractivity contribution in [2.45, 2.75) is 19.3 Å². The van der Waals surface area contributed by atoms with E-state index in [4.69, 9.17) is 0 Å². The van der Waals surface area contributed by atoms with Crippen molar-refractivity contribution in [1.82, 2.24) is 14.9 Å². The highest BCUT2D eigenvalue weighted by molar-refractivity contribution is 7.90. The molecule has 1 N–H and O–H groups in total. The predicted molar refractivity (Wildman–Crippen MR) is 88.8 cm³/mol. The second-order valence-corrected chi connectivity index (χ2v) is 8.50. The van der Waals surface area contributed by atoms with E-state index in [-0.39, 0.29) is 24.0 Å². The zero-order valence-electron chi connectivity index (χ0n) is 13.2. The molecule has 1 aromatic heterocycles. The summed E-state index contributed by atoms with van der Waals surface area (Å²) in [6, 6.07) is 7.67. The van der Waals surface area contributed by atoms with Gasteiger partial charge in [-0.1, -0.05) is 12.1 Å². The molecule has 2 aromatic rings. The molecule has 23 heavy (non-hydrogen) atoms. The number of aromatic amines is 1. The van der Waals surface area contributed by atoms with Crippen LogP contribution in [0.25, 0.3) is 11.0 Å². The molecule has 1 aliphatic rings. The first-order chi connectivity index (χ1) is 10.9. The summed E-state index contributed by atoms with van der Waals surface area (Å²) >= 11 is 0. The molecule has 2 heterocycles. The lowest BCUT2D eigenvalue weighted by molar-refractivity contribution is -0.132. The lowest BCUT2D eigenvalue weighted by Gasteiger charge is -2.32. The quantitative estimate of drug-likeness (QED) is 0.915. The number of nitrogens with zero attached hydrogens (tertiary/aromatic N) is 2. The number of imidazole rings is 1. The number of carbonyl (C=O) groups is 1. The van der Waals surface area contributed by atoms with Gasteiger partial charge in [0.05, 0.1) is 23.2 Å². The third-order valence-electron chi connectivity index (χ3n) is 4.17. The van der Waals surface area contributed by atoms with E-state index in [1.807, 2.05) is 24.3 Å². The number of nitrogens with one attached hydrogen (secondary N) is 1. The number of hydrogen-bond donors (Lipinski definition) is 1. The fourth-order valence-electron chi connectivity index (χ4n) is 3.20. The van der Waals surface area contributed by atoms with E-state index in [9.17, 15) is 13.2 Å². The molecule has 1 amide bonds. The van der Waals surface area contributed by atoms with Crippen molar-refractivity contribution in [3.63, 3.8) is 0 Å². The number of carbonyl (C=O) groups excluding carboxylic acids is 1. The lowest BCUT2D eigenvalue weighted by atomic mass is 10.00. The number of likely N-dealkylation sites (tertiary alicyclic amines) is 1. The molecular formula is C16H21N3O3S. The summed E-state index contributed by atoms with van der Waals surface area (Å²) in [6.07, 6.45) is 3.19. The van der Waals surface area contributed by atoms with Gasteiger partial charge < -0.3 is 9.88 Å². The van der Waals surface area contributed by atoms with Gasteiger partial charge in [0.2, 0.25) is 5.91 Å². The molecule has 1 fully saturated rings. The number of hydrogen-bond acceptors (Lipinski definition) is 4. The molecule has 0 radical (unpaired) electrons. The third kappa shape index (κ3) is 4.10. The van der Waals surface area contributed by atoms with Crippen LogP contribution >= 0.6 is 0 Å².